The predicted molar refractivity (Wildman–Crippen MR) is 99.9 cm³/mol. The zero-order chi connectivity index (χ0) is 17.3. The molecule has 0 radical (unpaired) electrons. The first-order valence-corrected chi connectivity index (χ1v) is 10.1. The average Bonchev–Trinajstić information content (AvgIpc) is 2.54. The molecule has 0 atom stereocenters. The Hall–Kier alpha value is -2.01. The van der Waals surface area contributed by atoms with Gasteiger partial charge in [-0.15, -0.1) is 0 Å². The standard InChI is InChI=1S/C19H24N2O2S/c1-15-4-9-19(16(2)14-15)21-12-10-20(11-13-21)17-5-7-18(8-6-17)24(3,22)23/h4-9,14H,10-13H2,1-3H3. The van der Waals surface area contributed by atoms with E-state index < -0.39 is 9.84 Å². The Labute approximate surface area is 144 Å². The lowest BCUT2D eigenvalue weighted by molar-refractivity contribution is 0.602. The largest absolute Gasteiger partial charge is 0.368 e. The smallest absolute Gasteiger partial charge is 0.175 e. The molecule has 1 saturated heterocycles. The lowest BCUT2D eigenvalue weighted by Crippen LogP contribution is -2.46. The van der Waals surface area contributed by atoms with E-state index in [0.717, 1.165) is 31.9 Å². The van der Waals surface area contributed by atoms with Crippen LogP contribution in [0.1, 0.15) is 11.1 Å². The van der Waals surface area contributed by atoms with Crippen molar-refractivity contribution >= 4 is 21.2 Å². The van der Waals surface area contributed by atoms with E-state index in [4.69, 9.17) is 0 Å². The minimum absolute atomic E-state index is 0.375. The average molecular weight is 344 g/mol. The Bertz CT molecular complexity index is 821. The highest BCUT2D eigenvalue weighted by atomic mass is 32.2. The molecule has 0 amide bonds. The van der Waals surface area contributed by atoms with Crippen molar-refractivity contribution in [3.05, 3.63) is 53.6 Å². The van der Waals surface area contributed by atoms with Crippen LogP contribution in [0.25, 0.3) is 0 Å². The molecule has 0 N–H and O–H groups in total. The molecule has 0 saturated carbocycles. The van der Waals surface area contributed by atoms with Crippen molar-refractivity contribution in [1.29, 1.82) is 0 Å². The van der Waals surface area contributed by atoms with Gasteiger partial charge in [0.25, 0.3) is 0 Å². The van der Waals surface area contributed by atoms with Gasteiger partial charge < -0.3 is 9.80 Å². The summed E-state index contributed by atoms with van der Waals surface area (Å²) in [5, 5.41) is 0. The van der Waals surface area contributed by atoms with E-state index in [1.807, 2.05) is 12.1 Å². The summed E-state index contributed by atoms with van der Waals surface area (Å²) in [4.78, 5) is 5.11. The van der Waals surface area contributed by atoms with E-state index in [-0.39, 0.29) is 0 Å². The number of anilines is 2. The van der Waals surface area contributed by atoms with Crippen molar-refractivity contribution in [3.63, 3.8) is 0 Å². The van der Waals surface area contributed by atoms with Gasteiger partial charge in [0.2, 0.25) is 0 Å². The highest BCUT2D eigenvalue weighted by Gasteiger charge is 2.19. The van der Waals surface area contributed by atoms with E-state index >= 15 is 0 Å². The van der Waals surface area contributed by atoms with Crippen molar-refractivity contribution in [2.75, 3.05) is 42.2 Å². The molecule has 1 aliphatic heterocycles. The lowest BCUT2D eigenvalue weighted by Gasteiger charge is -2.38. The second-order valence-electron chi connectivity index (χ2n) is 6.53. The van der Waals surface area contributed by atoms with E-state index in [9.17, 15) is 8.42 Å². The van der Waals surface area contributed by atoms with Gasteiger partial charge >= 0.3 is 0 Å². The minimum atomic E-state index is -3.13. The highest BCUT2D eigenvalue weighted by molar-refractivity contribution is 7.90. The first kappa shape index (κ1) is 16.8. The van der Waals surface area contributed by atoms with Crippen LogP contribution in [0, 0.1) is 13.8 Å². The van der Waals surface area contributed by atoms with Crippen LogP contribution >= 0.6 is 0 Å². The Morgan fingerprint density at radius 1 is 0.833 bits per heavy atom. The number of rotatable bonds is 3. The maximum atomic E-state index is 11.6. The van der Waals surface area contributed by atoms with Crippen molar-refractivity contribution in [2.45, 2.75) is 18.7 Å². The topological polar surface area (TPSA) is 40.6 Å². The van der Waals surface area contributed by atoms with E-state index in [0.29, 0.717) is 4.90 Å². The highest BCUT2D eigenvalue weighted by Crippen LogP contribution is 2.25. The summed E-state index contributed by atoms with van der Waals surface area (Å²) in [6, 6.07) is 13.8. The zero-order valence-corrected chi connectivity index (χ0v) is 15.3. The van der Waals surface area contributed by atoms with E-state index in [2.05, 4.69) is 41.8 Å². The summed E-state index contributed by atoms with van der Waals surface area (Å²) in [6.07, 6.45) is 1.24. The van der Waals surface area contributed by atoms with Gasteiger partial charge in [-0.25, -0.2) is 8.42 Å². The van der Waals surface area contributed by atoms with Crippen LogP contribution in [-0.4, -0.2) is 40.9 Å². The molecule has 1 heterocycles. The molecule has 128 valence electrons. The molecule has 0 aromatic heterocycles. The number of nitrogens with zero attached hydrogens (tertiary/aromatic N) is 2. The van der Waals surface area contributed by atoms with Crippen LogP contribution < -0.4 is 9.80 Å². The third-order valence-corrected chi connectivity index (χ3v) is 5.73. The fourth-order valence-electron chi connectivity index (χ4n) is 3.27. The molecule has 0 bridgehead atoms. The van der Waals surface area contributed by atoms with Gasteiger partial charge in [-0.1, -0.05) is 17.7 Å². The molecule has 24 heavy (non-hydrogen) atoms. The Balaban J connectivity index is 1.69. The van der Waals surface area contributed by atoms with Gasteiger partial charge in [0.1, 0.15) is 0 Å². The van der Waals surface area contributed by atoms with Gasteiger partial charge in [0.15, 0.2) is 9.84 Å². The van der Waals surface area contributed by atoms with E-state index in [1.54, 1.807) is 12.1 Å². The second kappa shape index (κ2) is 6.48. The third-order valence-electron chi connectivity index (χ3n) is 4.60. The summed E-state index contributed by atoms with van der Waals surface area (Å²) in [6.45, 7) is 8.10. The fraction of sp³-hybridized carbons (Fsp3) is 0.368. The van der Waals surface area contributed by atoms with Crippen LogP contribution in [0.5, 0.6) is 0 Å². The van der Waals surface area contributed by atoms with Gasteiger partial charge in [-0.2, -0.15) is 0 Å². The number of benzene rings is 2. The van der Waals surface area contributed by atoms with Crippen LogP contribution in [0.3, 0.4) is 0 Å². The summed E-state index contributed by atoms with van der Waals surface area (Å²) in [7, 11) is -3.13. The van der Waals surface area contributed by atoms with Crippen molar-refractivity contribution in [1.82, 2.24) is 0 Å². The van der Waals surface area contributed by atoms with Gasteiger partial charge in [-0.05, 0) is 49.7 Å². The fourth-order valence-corrected chi connectivity index (χ4v) is 3.90. The first-order valence-electron chi connectivity index (χ1n) is 8.22. The molecule has 4 nitrogen and oxygen atoms in total. The minimum Gasteiger partial charge on any atom is -0.368 e. The monoisotopic (exact) mass is 344 g/mol. The van der Waals surface area contributed by atoms with Gasteiger partial charge in [-0.3, -0.25) is 0 Å². The quantitative estimate of drug-likeness (QED) is 0.858. The number of sulfone groups is 1. The van der Waals surface area contributed by atoms with Gasteiger partial charge in [0.05, 0.1) is 4.90 Å². The SMILES string of the molecule is Cc1ccc(N2CCN(c3ccc(S(C)(=O)=O)cc3)CC2)c(C)c1. The maximum Gasteiger partial charge on any atom is 0.175 e. The molecule has 0 spiro atoms. The number of piperazine rings is 1. The molecule has 3 rings (SSSR count). The molecular weight excluding hydrogens is 320 g/mol. The Morgan fingerprint density at radius 2 is 1.42 bits per heavy atom. The van der Waals surface area contributed by atoms with Crippen LogP contribution in [0.2, 0.25) is 0 Å². The lowest BCUT2D eigenvalue weighted by atomic mass is 10.1. The Kier molecular flexibility index (Phi) is 4.54. The van der Waals surface area contributed by atoms with Crippen molar-refractivity contribution in [2.24, 2.45) is 0 Å². The summed E-state index contributed by atoms with van der Waals surface area (Å²) in [5.74, 6) is 0. The van der Waals surface area contributed by atoms with Crippen LogP contribution in [-0.2, 0) is 9.84 Å². The molecule has 5 heteroatoms. The number of hydrogen-bond donors (Lipinski definition) is 0. The number of hydrogen-bond acceptors (Lipinski definition) is 4. The Morgan fingerprint density at radius 3 is 1.96 bits per heavy atom. The normalized spacial score (nSPS) is 15.6. The van der Waals surface area contributed by atoms with E-state index in [1.165, 1.54) is 23.1 Å². The summed E-state index contributed by atoms with van der Waals surface area (Å²) in [5.41, 5.74) is 5.01. The predicted octanol–water partition coefficient (Wildman–Crippen LogP) is 3.03. The third kappa shape index (κ3) is 3.56. The van der Waals surface area contributed by atoms with Gasteiger partial charge in [0, 0.05) is 43.8 Å². The molecular formula is C19H24N2O2S. The molecule has 2 aromatic rings. The second-order valence-corrected chi connectivity index (χ2v) is 8.55. The first-order chi connectivity index (χ1) is 11.3. The molecule has 2 aromatic carbocycles. The number of aryl methyl sites for hydroxylation is 2. The molecule has 0 unspecified atom stereocenters. The summed E-state index contributed by atoms with van der Waals surface area (Å²) < 4.78 is 23.1. The van der Waals surface area contributed by atoms with Crippen molar-refractivity contribution < 1.29 is 8.42 Å². The summed E-state index contributed by atoms with van der Waals surface area (Å²) >= 11 is 0. The van der Waals surface area contributed by atoms with Crippen molar-refractivity contribution in [3.8, 4) is 0 Å². The van der Waals surface area contributed by atoms with Crippen LogP contribution in [0.15, 0.2) is 47.4 Å². The zero-order valence-electron chi connectivity index (χ0n) is 14.5. The maximum absolute atomic E-state index is 11.6. The van der Waals surface area contributed by atoms with Crippen LogP contribution in [0.4, 0.5) is 11.4 Å². The molecule has 1 aliphatic rings. The molecule has 0 aliphatic carbocycles. The molecule has 1 fully saturated rings.